The number of ketones is 1. The zero-order chi connectivity index (χ0) is 27.2. The molecule has 0 aromatic carbocycles. The first-order valence-electron chi connectivity index (χ1n) is 12.5. The average molecular weight is 571 g/mol. The van der Waals surface area contributed by atoms with Crippen molar-refractivity contribution in [2.24, 2.45) is 10.2 Å². The van der Waals surface area contributed by atoms with Gasteiger partial charge in [-0.3, -0.25) is 4.79 Å². The van der Waals surface area contributed by atoms with Crippen LogP contribution >= 0.6 is 0 Å². The van der Waals surface area contributed by atoms with Crippen LogP contribution in [0.1, 0.15) is 81.6 Å². The van der Waals surface area contributed by atoms with Crippen LogP contribution in [0.5, 0.6) is 0 Å². The molecule has 0 aliphatic carbocycles. The highest BCUT2D eigenvalue weighted by Crippen LogP contribution is 2.25. The van der Waals surface area contributed by atoms with E-state index in [0.717, 1.165) is 31.5 Å². The zero-order valence-electron chi connectivity index (χ0n) is 23.1. The van der Waals surface area contributed by atoms with Gasteiger partial charge in [-0.25, -0.2) is 0 Å². The molecule has 0 saturated heterocycles. The summed E-state index contributed by atoms with van der Waals surface area (Å²) in [6, 6.07) is 6.27. The molecule has 2 atom stereocenters. The third kappa shape index (κ3) is 20.1. The predicted molar refractivity (Wildman–Crippen MR) is 164 cm³/mol. The van der Waals surface area contributed by atoms with Gasteiger partial charge < -0.3 is 19.5 Å². The summed E-state index contributed by atoms with van der Waals surface area (Å²) in [6.07, 6.45) is 2.79. The van der Waals surface area contributed by atoms with Gasteiger partial charge in [0.1, 0.15) is 5.78 Å². The molecule has 2 unspecified atom stereocenters. The highest BCUT2D eigenvalue weighted by molar-refractivity contribution is 6.84. The van der Waals surface area contributed by atoms with E-state index in [-0.39, 0.29) is 59.7 Å². The number of hydrogen-bond acceptors (Lipinski definition) is 8. The van der Waals surface area contributed by atoms with Crippen LogP contribution in [0.3, 0.4) is 0 Å². The number of nitrogens with zero attached hydrogens (tertiary/aromatic N) is 4. The fraction of sp³-hybridized carbons (Fsp3) is 0.852. The molecule has 0 radical (unpaired) electrons. The van der Waals surface area contributed by atoms with Crippen LogP contribution in [0.15, 0.2) is 10.2 Å². The van der Waals surface area contributed by atoms with Gasteiger partial charge in [-0.15, -0.1) is 0 Å². The summed E-state index contributed by atoms with van der Waals surface area (Å²) < 4.78 is 6.62. The first kappa shape index (κ1) is 43.1. The topological polar surface area (TPSA) is 140 Å². The Morgan fingerprint density at radius 2 is 1.26 bits per heavy atom. The molecule has 0 spiro atoms. The summed E-state index contributed by atoms with van der Waals surface area (Å²) >= 11 is 0. The largest absolute Gasteiger partial charge is 0.455 e. The lowest BCUT2D eigenvalue weighted by Crippen LogP contribution is -2.44. The molecule has 0 aromatic heterocycles. The summed E-state index contributed by atoms with van der Waals surface area (Å²) in [5.74, 6) is -0.169. The van der Waals surface area contributed by atoms with Gasteiger partial charge in [0.2, 0.25) is 5.91 Å². The third-order valence-electron chi connectivity index (χ3n) is 5.81. The van der Waals surface area contributed by atoms with Gasteiger partial charge >= 0.3 is 0 Å². The van der Waals surface area contributed by atoms with Gasteiger partial charge in [0.15, 0.2) is 27.7 Å². The number of amides is 1. The van der Waals surface area contributed by atoms with E-state index in [1.807, 2.05) is 7.05 Å². The minimum absolute atomic E-state index is 0. The second-order valence-electron chi connectivity index (χ2n) is 11.0. The van der Waals surface area contributed by atoms with Crippen LogP contribution < -0.4 is 10.6 Å². The first-order chi connectivity index (χ1) is 16.1. The first-order valence-corrected chi connectivity index (χ1v) is 18.7. The van der Waals surface area contributed by atoms with Crippen LogP contribution in [0.25, 0.3) is 0 Å². The quantitative estimate of drug-likeness (QED) is 0.108. The summed E-state index contributed by atoms with van der Waals surface area (Å²) in [5.41, 5.74) is -2.38. The number of Topliss-reactive ketones (excluding diaryl/α,β-unsaturated/α-hetero) is 1. The molecule has 2 N–H and O–H groups in total. The number of nitrogens with one attached hydrogen (secondary N) is 2. The Hall–Kier alpha value is -1.93. The van der Waals surface area contributed by atoms with Crippen molar-refractivity contribution in [3.8, 4) is 12.1 Å². The van der Waals surface area contributed by atoms with E-state index in [0.29, 0.717) is 6.54 Å². The fourth-order valence-electron chi connectivity index (χ4n) is 3.62. The molecule has 0 aromatic rings. The lowest BCUT2D eigenvalue weighted by molar-refractivity contribution is -0.121. The van der Waals surface area contributed by atoms with Gasteiger partial charge in [0.05, 0.1) is 12.1 Å². The summed E-state index contributed by atoms with van der Waals surface area (Å²) in [4.78, 5) is 23.6. The monoisotopic (exact) mass is 570 g/mol. The predicted octanol–water partition coefficient (Wildman–Crippen LogP) is 6.60. The number of azo groups is 1. The van der Waals surface area contributed by atoms with E-state index in [2.05, 4.69) is 59.2 Å². The Morgan fingerprint density at radius 3 is 1.66 bits per heavy atom. The zero-order valence-corrected chi connectivity index (χ0v) is 25.1. The maximum Gasteiger partial charge on any atom is 0.220 e. The SMILES string of the molecule is C.C.C.CNCCC[Si](C)(C)O[Si](C)(C)CCCNC(=O)CCC(C)(C#N)N=NC(C)(C#N)CCC(C)=O. The van der Waals surface area contributed by atoms with E-state index in [4.69, 9.17) is 4.12 Å². The van der Waals surface area contributed by atoms with E-state index in [1.165, 1.54) is 6.92 Å². The molecular formula is C27H58N6O3Si2. The normalized spacial score (nSPS) is 14.4. The molecule has 11 heteroatoms. The lowest BCUT2D eigenvalue weighted by Gasteiger charge is -2.34. The Morgan fingerprint density at radius 1 is 0.842 bits per heavy atom. The van der Waals surface area contributed by atoms with Gasteiger partial charge in [-0.2, -0.15) is 20.8 Å². The van der Waals surface area contributed by atoms with Crippen molar-refractivity contribution < 1.29 is 13.7 Å². The number of carbonyl (C=O) groups is 2. The van der Waals surface area contributed by atoms with Gasteiger partial charge in [0.25, 0.3) is 0 Å². The second kappa shape index (κ2) is 20.0. The highest BCUT2D eigenvalue weighted by atomic mass is 28.4. The number of rotatable bonds is 18. The Labute approximate surface area is 236 Å². The molecule has 222 valence electrons. The van der Waals surface area contributed by atoms with Gasteiger partial charge in [0, 0.05) is 19.4 Å². The van der Waals surface area contributed by atoms with Crippen LogP contribution in [0.2, 0.25) is 38.3 Å². The molecule has 0 bridgehead atoms. The molecule has 0 saturated carbocycles. The lowest BCUT2D eigenvalue weighted by atomic mass is 9.97. The Balaban J connectivity index is -0.00000193. The van der Waals surface area contributed by atoms with E-state index in [9.17, 15) is 20.1 Å². The standard InChI is InChI=1S/C24H46N6O3Si2.3CH4/c1-21(31)11-13-23(2,19-25)29-30-24(3,20-26)14-12-22(32)28-16-10-18-35(7,8)33-34(5,6)17-9-15-27-4;;;/h27H,9-18H2,1-8H3,(H,28,32);3*1H4. The smallest absolute Gasteiger partial charge is 0.220 e. The molecule has 0 fully saturated rings. The van der Waals surface area contributed by atoms with Crippen LogP contribution in [0.4, 0.5) is 0 Å². The van der Waals surface area contributed by atoms with E-state index >= 15 is 0 Å². The maximum absolute atomic E-state index is 12.3. The minimum atomic E-state index is -1.80. The summed E-state index contributed by atoms with van der Waals surface area (Å²) in [6.45, 7) is 15.3. The second-order valence-corrected chi connectivity index (χ2v) is 19.8. The van der Waals surface area contributed by atoms with Crippen LogP contribution in [-0.2, 0) is 13.7 Å². The van der Waals surface area contributed by atoms with Crippen molar-refractivity contribution in [1.29, 1.82) is 10.5 Å². The Kier molecular flexibility index (Phi) is 22.8. The molecule has 0 rings (SSSR count). The molecule has 38 heavy (non-hydrogen) atoms. The molecule has 0 aliphatic rings. The molecule has 0 heterocycles. The Bertz CT molecular complexity index is 808. The molecule has 1 amide bonds. The highest BCUT2D eigenvalue weighted by Gasteiger charge is 2.32. The number of hydrogen-bond donors (Lipinski definition) is 2. The van der Waals surface area contributed by atoms with Crippen molar-refractivity contribution in [1.82, 2.24) is 10.6 Å². The van der Waals surface area contributed by atoms with Crippen LogP contribution in [-0.4, -0.2) is 59.5 Å². The van der Waals surface area contributed by atoms with Crippen molar-refractivity contribution in [2.45, 2.75) is 131 Å². The summed E-state index contributed by atoms with van der Waals surface area (Å²) in [5, 5.41) is 33.3. The number of nitriles is 2. The van der Waals surface area contributed by atoms with Crippen molar-refractivity contribution >= 4 is 28.3 Å². The van der Waals surface area contributed by atoms with Crippen molar-refractivity contribution in [3.05, 3.63) is 0 Å². The van der Waals surface area contributed by atoms with Gasteiger partial charge in [-0.1, -0.05) is 22.3 Å². The molecule has 0 aliphatic heterocycles. The van der Waals surface area contributed by atoms with E-state index in [1.54, 1.807) is 13.8 Å². The summed E-state index contributed by atoms with van der Waals surface area (Å²) in [7, 11) is -1.51. The average Bonchev–Trinajstić information content (AvgIpc) is 2.77. The van der Waals surface area contributed by atoms with Crippen molar-refractivity contribution in [2.75, 3.05) is 20.1 Å². The van der Waals surface area contributed by atoms with Crippen molar-refractivity contribution in [3.63, 3.8) is 0 Å². The van der Waals surface area contributed by atoms with Gasteiger partial charge in [-0.05, 0) is 98.3 Å². The molecular weight excluding hydrogens is 513 g/mol. The third-order valence-corrected chi connectivity index (χ3v) is 13.3. The molecule has 9 nitrogen and oxygen atoms in total. The fourth-order valence-corrected chi connectivity index (χ4v) is 12.5. The minimum Gasteiger partial charge on any atom is -0.455 e. The number of carbonyl (C=O) groups excluding carboxylic acids is 2. The van der Waals surface area contributed by atoms with E-state index < -0.39 is 27.7 Å². The van der Waals surface area contributed by atoms with Crippen LogP contribution in [0, 0.1) is 22.7 Å². The maximum atomic E-state index is 12.3.